The molecular weight excluding hydrogens is 286 g/mol. The Morgan fingerprint density at radius 3 is 2.06 bits per heavy atom. The lowest BCUT2D eigenvalue weighted by molar-refractivity contribution is -0.118. The number of allylic oxidation sites excluding steroid dienone is 3. The van der Waals surface area contributed by atoms with Gasteiger partial charge < -0.3 is 4.74 Å². The molecule has 0 aliphatic heterocycles. The van der Waals surface area contributed by atoms with Gasteiger partial charge in [0.2, 0.25) is 11.6 Å². The SMILES string of the molecule is CC(C)CCOC1=C(Cl)C(=O)C(Cl)=C(Cl)C1=O. The number of hydrogen-bond donors (Lipinski definition) is 0. The second kappa shape index (κ2) is 5.89. The van der Waals surface area contributed by atoms with Crippen LogP contribution in [-0.2, 0) is 14.3 Å². The second-order valence-electron chi connectivity index (χ2n) is 3.96. The average Bonchev–Trinajstić information content (AvgIpc) is 2.28. The lowest BCUT2D eigenvalue weighted by Gasteiger charge is -2.16. The van der Waals surface area contributed by atoms with E-state index in [1.165, 1.54) is 0 Å². The Kier molecular flexibility index (Phi) is 5.04. The van der Waals surface area contributed by atoms with Gasteiger partial charge in [0.1, 0.15) is 15.1 Å². The summed E-state index contributed by atoms with van der Waals surface area (Å²) < 4.78 is 5.21. The molecule has 94 valence electrons. The van der Waals surface area contributed by atoms with E-state index in [4.69, 9.17) is 39.5 Å². The van der Waals surface area contributed by atoms with Gasteiger partial charge in [-0.3, -0.25) is 9.59 Å². The first-order valence-corrected chi connectivity index (χ1v) is 6.16. The molecule has 6 heteroatoms. The minimum absolute atomic E-state index is 0.216. The summed E-state index contributed by atoms with van der Waals surface area (Å²) in [4.78, 5) is 23.2. The fourth-order valence-electron chi connectivity index (χ4n) is 1.12. The molecule has 0 saturated carbocycles. The minimum Gasteiger partial charge on any atom is -0.488 e. The van der Waals surface area contributed by atoms with Gasteiger partial charge in [0.05, 0.1) is 6.61 Å². The summed E-state index contributed by atoms with van der Waals surface area (Å²) in [6.45, 7) is 4.32. The summed E-state index contributed by atoms with van der Waals surface area (Å²) >= 11 is 16.9. The lowest BCUT2D eigenvalue weighted by Crippen LogP contribution is -2.20. The highest BCUT2D eigenvalue weighted by atomic mass is 35.5. The molecule has 1 aliphatic carbocycles. The molecule has 1 aliphatic rings. The van der Waals surface area contributed by atoms with Crippen molar-refractivity contribution in [1.82, 2.24) is 0 Å². The molecule has 1 rings (SSSR count). The van der Waals surface area contributed by atoms with Crippen molar-refractivity contribution < 1.29 is 14.3 Å². The highest BCUT2D eigenvalue weighted by molar-refractivity contribution is 6.64. The molecular formula is C11H11Cl3O3. The van der Waals surface area contributed by atoms with Crippen LogP contribution in [0.15, 0.2) is 20.9 Å². The van der Waals surface area contributed by atoms with E-state index in [2.05, 4.69) is 0 Å². The van der Waals surface area contributed by atoms with Crippen LogP contribution >= 0.6 is 34.8 Å². The van der Waals surface area contributed by atoms with Crippen LogP contribution in [0.2, 0.25) is 0 Å². The second-order valence-corrected chi connectivity index (χ2v) is 5.09. The van der Waals surface area contributed by atoms with Gasteiger partial charge in [-0.25, -0.2) is 0 Å². The fraction of sp³-hybridized carbons (Fsp3) is 0.455. The molecule has 0 aromatic rings. The molecule has 0 unspecified atom stereocenters. The Morgan fingerprint density at radius 1 is 1.00 bits per heavy atom. The Labute approximate surface area is 114 Å². The molecule has 0 aromatic carbocycles. The monoisotopic (exact) mass is 296 g/mol. The van der Waals surface area contributed by atoms with Crippen LogP contribution in [0.25, 0.3) is 0 Å². The zero-order valence-corrected chi connectivity index (χ0v) is 11.6. The quantitative estimate of drug-likeness (QED) is 0.748. The number of carbonyl (C=O) groups excluding carboxylic acids is 2. The van der Waals surface area contributed by atoms with Gasteiger partial charge in [-0.05, 0) is 12.3 Å². The van der Waals surface area contributed by atoms with Crippen LogP contribution in [-0.4, -0.2) is 18.2 Å². The molecule has 3 nitrogen and oxygen atoms in total. The van der Waals surface area contributed by atoms with Gasteiger partial charge in [-0.15, -0.1) is 0 Å². The Morgan fingerprint density at radius 2 is 1.53 bits per heavy atom. The van der Waals surface area contributed by atoms with Gasteiger partial charge in [-0.1, -0.05) is 48.7 Å². The summed E-state index contributed by atoms with van der Waals surface area (Å²) in [5.74, 6) is -1.13. The van der Waals surface area contributed by atoms with Crippen LogP contribution in [0.4, 0.5) is 0 Å². The largest absolute Gasteiger partial charge is 0.488 e. The van der Waals surface area contributed by atoms with Crippen LogP contribution < -0.4 is 0 Å². The Hall–Kier alpha value is -0.510. The van der Waals surface area contributed by atoms with Crippen LogP contribution in [0.5, 0.6) is 0 Å². The molecule has 0 saturated heterocycles. The molecule has 0 aromatic heterocycles. The predicted molar refractivity (Wildman–Crippen MR) is 67.0 cm³/mol. The van der Waals surface area contributed by atoms with Crippen molar-refractivity contribution in [2.75, 3.05) is 6.61 Å². The fourth-order valence-corrected chi connectivity index (χ4v) is 1.76. The summed E-state index contributed by atoms with van der Waals surface area (Å²) in [6.07, 6.45) is 0.740. The molecule has 0 heterocycles. The Balaban J connectivity index is 2.84. The van der Waals surface area contributed by atoms with E-state index >= 15 is 0 Å². The van der Waals surface area contributed by atoms with Crippen LogP contribution in [0.1, 0.15) is 20.3 Å². The van der Waals surface area contributed by atoms with Crippen molar-refractivity contribution in [1.29, 1.82) is 0 Å². The number of Topliss-reactive ketones (excluding diaryl/α,β-unsaturated/α-hetero) is 2. The first-order chi connectivity index (χ1) is 7.86. The van der Waals surface area contributed by atoms with Crippen LogP contribution in [0, 0.1) is 5.92 Å². The molecule has 0 fully saturated rings. The third-order valence-electron chi connectivity index (χ3n) is 2.14. The molecule has 0 amide bonds. The summed E-state index contributed by atoms with van der Waals surface area (Å²) in [5.41, 5.74) is 0. The van der Waals surface area contributed by atoms with E-state index in [-0.39, 0.29) is 20.9 Å². The molecule has 0 spiro atoms. The van der Waals surface area contributed by atoms with E-state index < -0.39 is 11.6 Å². The third kappa shape index (κ3) is 3.24. The molecule has 0 bridgehead atoms. The maximum absolute atomic E-state index is 11.7. The first kappa shape index (κ1) is 14.6. The standard InChI is InChI=1S/C11H11Cl3O3/c1-5(2)3-4-17-11-8(14)9(15)6(12)7(13)10(11)16/h5H,3-4H2,1-2H3. The maximum atomic E-state index is 11.7. The van der Waals surface area contributed by atoms with Gasteiger partial charge in [0, 0.05) is 0 Å². The zero-order chi connectivity index (χ0) is 13.2. The zero-order valence-electron chi connectivity index (χ0n) is 9.35. The van der Waals surface area contributed by atoms with Crippen molar-refractivity contribution in [2.24, 2.45) is 5.92 Å². The molecule has 0 atom stereocenters. The van der Waals surface area contributed by atoms with Gasteiger partial charge in [0.15, 0.2) is 5.76 Å². The van der Waals surface area contributed by atoms with Gasteiger partial charge in [0.25, 0.3) is 0 Å². The highest BCUT2D eigenvalue weighted by Gasteiger charge is 2.33. The van der Waals surface area contributed by atoms with E-state index in [9.17, 15) is 9.59 Å². The van der Waals surface area contributed by atoms with E-state index in [1.54, 1.807) is 0 Å². The number of carbonyl (C=O) groups is 2. The van der Waals surface area contributed by atoms with E-state index in [0.717, 1.165) is 6.42 Å². The van der Waals surface area contributed by atoms with Gasteiger partial charge in [-0.2, -0.15) is 0 Å². The topological polar surface area (TPSA) is 43.4 Å². The number of halogens is 3. The average molecular weight is 298 g/mol. The summed E-state index contributed by atoms with van der Waals surface area (Å²) in [6, 6.07) is 0. The van der Waals surface area contributed by atoms with Crippen molar-refractivity contribution in [3.05, 3.63) is 20.9 Å². The molecule has 0 N–H and O–H groups in total. The van der Waals surface area contributed by atoms with Crippen molar-refractivity contribution >= 4 is 46.4 Å². The summed E-state index contributed by atoms with van der Waals surface area (Å²) in [5, 5.41) is -1.02. The maximum Gasteiger partial charge on any atom is 0.242 e. The van der Waals surface area contributed by atoms with Crippen molar-refractivity contribution in [3.63, 3.8) is 0 Å². The smallest absolute Gasteiger partial charge is 0.242 e. The first-order valence-electron chi connectivity index (χ1n) is 5.03. The van der Waals surface area contributed by atoms with E-state index in [1.807, 2.05) is 13.8 Å². The molecule has 0 radical (unpaired) electrons. The van der Waals surface area contributed by atoms with Crippen molar-refractivity contribution in [2.45, 2.75) is 20.3 Å². The van der Waals surface area contributed by atoms with E-state index in [0.29, 0.717) is 12.5 Å². The molecule has 17 heavy (non-hydrogen) atoms. The highest BCUT2D eigenvalue weighted by Crippen LogP contribution is 2.31. The number of ketones is 2. The van der Waals surface area contributed by atoms with Gasteiger partial charge >= 0.3 is 0 Å². The summed E-state index contributed by atoms with van der Waals surface area (Å²) in [7, 11) is 0. The number of hydrogen-bond acceptors (Lipinski definition) is 3. The van der Waals surface area contributed by atoms with Crippen LogP contribution in [0.3, 0.4) is 0 Å². The normalized spacial score (nSPS) is 17.3. The van der Waals surface area contributed by atoms with Crippen molar-refractivity contribution in [3.8, 4) is 0 Å². The minimum atomic E-state index is -0.683. The number of ether oxygens (including phenoxy) is 1. The number of rotatable bonds is 4. The third-order valence-corrected chi connectivity index (χ3v) is 3.30. The lowest BCUT2D eigenvalue weighted by atomic mass is 10.1. The Bertz CT molecular complexity index is 422. The predicted octanol–water partition coefficient (Wildman–Crippen LogP) is 3.34.